The number of hydrogen-bond acceptors (Lipinski definition) is 0. The molecule has 1 nitrogen and oxygen atoms in total. The Morgan fingerprint density at radius 2 is 0.947 bits per heavy atom. The van der Waals surface area contributed by atoms with E-state index in [1.165, 1.54) is 117 Å². The first-order chi connectivity index (χ1) is 28.3. The molecule has 0 fully saturated rings. The van der Waals surface area contributed by atoms with Crippen molar-refractivity contribution in [3.8, 4) is 33.4 Å². The third-order valence-electron chi connectivity index (χ3n) is 14.0. The summed E-state index contributed by atoms with van der Waals surface area (Å²) in [5.41, 5.74) is 23.7. The molecule has 0 N–H and O–H groups in total. The summed E-state index contributed by atoms with van der Waals surface area (Å²) in [6.07, 6.45) is 18.8. The van der Waals surface area contributed by atoms with Gasteiger partial charge in [0.2, 0.25) is 0 Å². The molecule has 2 spiro atoms. The topological polar surface area (TPSA) is 4.93 Å². The lowest BCUT2D eigenvalue weighted by Gasteiger charge is -2.41. The Morgan fingerprint density at radius 3 is 1.81 bits per heavy atom. The van der Waals surface area contributed by atoms with Gasteiger partial charge in [0.1, 0.15) is 0 Å². The second kappa shape index (κ2) is 10.3. The van der Waals surface area contributed by atoms with Crippen LogP contribution >= 0.6 is 0 Å². The minimum atomic E-state index is -0.592. The molecule has 1 aliphatic heterocycles. The second-order valence-corrected chi connectivity index (χ2v) is 16.2. The number of allylic oxidation sites excluding steroid dienone is 12. The molecule has 4 bridgehead atoms. The summed E-state index contributed by atoms with van der Waals surface area (Å²) in [5, 5.41) is 2.56. The SMILES string of the molecule is C1=C\C2=C3/C=C/C=C\C4=C(/C=C/1)n1c5ccccc5c5cccc(c51)C41c4ccccc4-c4cccc(c41)-c1ccc4c(c1)C3(c1ccccc12)c1ccccc1-4. The van der Waals surface area contributed by atoms with Crippen LogP contribution in [-0.4, -0.2) is 4.57 Å². The van der Waals surface area contributed by atoms with Crippen molar-refractivity contribution in [2.24, 2.45) is 0 Å². The van der Waals surface area contributed by atoms with E-state index in [1.54, 1.807) is 0 Å². The zero-order chi connectivity index (χ0) is 37.0. The number of rotatable bonds is 0. The van der Waals surface area contributed by atoms with Crippen LogP contribution < -0.4 is 0 Å². The van der Waals surface area contributed by atoms with Crippen LogP contribution in [0.4, 0.5) is 0 Å². The Kier molecular flexibility index (Phi) is 5.45. The highest BCUT2D eigenvalue weighted by atomic mass is 15.0. The molecule has 2 heterocycles. The Bertz CT molecular complexity index is 3410. The first-order valence-electron chi connectivity index (χ1n) is 20.1. The normalized spacial score (nSPS) is 22.9. The number of para-hydroxylation sites is 2. The highest BCUT2D eigenvalue weighted by Gasteiger charge is 2.54. The summed E-state index contributed by atoms with van der Waals surface area (Å²) >= 11 is 0. The number of hydrogen-bond donors (Lipinski definition) is 0. The third-order valence-corrected chi connectivity index (χ3v) is 14.0. The molecule has 57 heavy (non-hydrogen) atoms. The monoisotopic (exact) mass is 719 g/mol. The highest BCUT2D eigenvalue weighted by Crippen LogP contribution is 2.66. The van der Waals surface area contributed by atoms with Crippen molar-refractivity contribution >= 4 is 33.1 Å². The average molecular weight is 720 g/mol. The van der Waals surface area contributed by atoms with Crippen LogP contribution in [0, 0.1) is 0 Å². The summed E-state index contributed by atoms with van der Waals surface area (Å²) in [6, 6.07) is 57.9. The van der Waals surface area contributed by atoms with Crippen LogP contribution in [0.2, 0.25) is 0 Å². The fourth-order valence-corrected chi connectivity index (χ4v) is 12.1. The van der Waals surface area contributed by atoms with E-state index >= 15 is 0 Å². The van der Waals surface area contributed by atoms with Gasteiger partial charge in [0.25, 0.3) is 0 Å². The molecule has 0 amide bonds. The summed E-state index contributed by atoms with van der Waals surface area (Å²) < 4.78 is 2.55. The van der Waals surface area contributed by atoms with Gasteiger partial charge in [0.05, 0.1) is 27.6 Å². The molecule has 7 aromatic carbocycles. The molecule has 6 aliphatic rings. The fraction of sp³-hybridized carbons (Fsp3) is 0.0357. The van der Waals surface area contributed by atoms with Gasteiger partial charge >= 0.3 is 0 Å². The Morgan fingerprint density at radius 1 is 0.368 bits per heavy atom. The molecule has 8 aromatic rings. The number of benzene rings is 7. The lowest BCUT2D eigenvalue weighted by atomic mass is 9.63. The molecule has 1 aromatic heterocycles. The number of nitrogens with zero attached hydrogens (tertiary/aromatic N) is 1. The van der Waals surface area contributed by atoms with E-state index in [0.29, 0.717) is 0 Å². The van der Waals surface area contributed by atoms with Crippen molar-refractivity contribution in [3.63, 3.8) is 0 Å². The summed E-state index contributed by atoms with van der Waals surface area (Å²) in [4.78, 5) is 0. The Labute approximate surface area is 330 Å². The molecule has 0 saturated carbocycles. The lowest BCUT2D eigenvalue weighted by Crippen LogP contribution is -2.34. The fourth-order valence-electron chi connectivity index (χ4n) is 12.1. The van der Waals surface area contributed by atoms with E-state index < -0.39 is 10.8 Å². The molecule has 262 valence electrons. The van der Waals surface area contributed by atoms with E-state index in [9.17, 15) is 0 Å². The zero-order valence-electron chi connectivity index (χ0n) is 31.0. The molecular formula is C56H33N. The van der Waals surface area contributed by atoms with Gasteiger partial charge < -0.3 is 4.57 Å². The van der Waals surface area contributed by atoms with Gasteiger partial charge in [0.15, 0.2) is 0 Å². The van der Waals surface area contributed by atoms with Crippen LogP contribution in [-0.2, 0) is 10.8 Å². The minimum Gasteiger partial charge on any atom is -0.309 e. The summed E-state index contributed by atoms with van der Waals surface area (Å²) in [6.45, 7) is 0. The summed E-state index contributed by atoms with van der Waals surface area (Å²) in [7, 11) is 0. The van der Waals surface area contributed by atoms with E-state index in [-0.39, 0.29) is 0 Å². The molecule has 1 heteroatoms. The Balaban J connectivity index is 1.24. The third kappa shape index (κ3) is 3.30. The zero-order valence-corrected chi connectivity index (χ0v) is 31.0. The second-order valence-electron chi connectivity index (χ2n) is 16.2. The Hall–Kier alpha value is -7.22. The highest BCUT2D eigenvalue weighted by molar-refractivity contribution is 6.15. The van der Waals surface area contributed by atoms with E-state index in [2.05, 4.69) is 205 Å². The number of aromatic nitrogens is 1. The standard InChI is InChI=1S/C56H33N/c1-6-23-44-36(15-1)37-17-4-12-30-52-48-27-10-9-25-45(37)55(44)46-24-7-2-16-38(46)40-32-31-34(33-50(40)55)35-20-13-21-42-39-18-3-8-26-47(39)56(48,53(35)42)49-28-14-22-43-41-19-5-11-29-51(41)57(52)54(43)49/h1-33H/b10-9?,12-4?,17-4-,25-9+,27-10-,30-12+,37-17?,45-25?,48-27?,52-30?. The van der Waals surface area contributed by atoms with Gasteiger partial charge in [-0.15, -0.1) is 0 Å². The smallest absolute Gasteiger partial charge is 0.0760 e. The molecule has 0 saturated heterocycles. The van der Waals surface area contributed by atoms with E-state index in [0.717, 1.165) is 0 Å². The van der Waals surface area contributed by atoms with Crippen LogP contribution in [0.5, 0.6) is 0 Å². The van der Waals surface area contributed by atoms with Crippen molar-refractivity contribution < 1.29 is 0 Å². The maximum absolute atomic E-state index is 2.56. The van der Waals surface area contributed by atoms with Gasteiger partial charge in [0, 0.05) is 10.8 Å². The quantitative estimate of drug-likeness (QED) is 0.147. The largest absolute Gasteiger partial charge is 0.309 e. The maximum atomic E-state index is 2.56. The maximum Gasteiger partial charge on any atom is 0.0760 e. The van der Waals surface area contributed by atoms with Crippen molar-refractivity contribution in [1.82, 2.24) is 4.57 Å². The predicted octanol–water partition coefficient (Wildman–Crippen LogP) is 13.3. The first-order valence-corrected chi connectivity index (χ1v) is 20.1. The van der Waals surface area contributed by atoms with Crippen LogP contribution in [0.15, 0.2) is 211 Å². The summed E-state index contributed by atoms with van der Waals surface area (Å²) in [5.74, 6) is 0. The molecule has 0 radical (unpaired) electrons. The van der Waals surface area contributed by atoms with Crippen molar-refractivity contribution in [3.05, 3.63) is 250 Å². The van der Waals surface area contributed by atoms with Gasteiger partial charge in [-0.3, -0.25) is 0 Å². The molecule has 2 unspecified atom stereocenters. The van der Waals surface area contributed by atoms with Gasteiger partial charge in [-0.05, 0) is 107 Å². The van der Waals surface area contributed by atoms with Crippen LogP contribution in [0.3, 0.4) is 0 Å². The first kappa shape index (κ1) is 30.1. The van der Waals surface area contributed by atoms with E-state index in [4.69, 9.17) is 0 Å². The van der Waals surface area contributed by atoms with Crippen molar-refractivity contribution in [2.75, 3.05) is 0 Å². The molecular weight excluding hydrogens is 687 g/mol. The van der Waals surface area contributed by atoms with Crippen molar-refractivity contribution in [1.29, 1.82) is 0 Å². The lowest BCUT2D eigenvalue weighted by molar-refractivity contribution is 0.758. The average Bonchev–Trinajstić information content (AvgIpc) is 3.94. The van der Waals surface area contributed by atoms with Gasteiger partial charge in [-0.2, -0.15) is 0 Å². The predicted molar refractivity (Wildman–Crippen MR) is 235 cm³/mol. The van der Waals surface area contributed by atoms with Crippen LogP contribution in [0.1, 0.15) is 38.9 Å². The molecule has 2 atom stereocenters. The minimum absolute atomic E-state index is 0.469. The van der Waals surface area contributed by atoms with Gasteiger partial charge in [-0.1, -0.05) is 182 Å². The van der Waals surface area contributed by atoms with Crippen LogP contribution in [0.25, 0.3) is 66.5 Å². The molecule has 5 aliphatic carbocycles. The van der Waals surface area contributed by atoms with Gasteiger partial charge in [-0.25, -0.2) is 0 Å². The van der Waals surface area contributed by atoms with E-state index in [1.807, 2.05) is 0 Å². The number of fused-ring (bicyclic) bond motifs is 13. The van der Waals surface area contributed by atoms with Crippen molar-refractivity contribution in [2.45, 2.75) is 10.8 Å². The molecule has 14 rings (SSSR count).